The molecule has 6 nitrogen and oxygen atoms in total. The van der Waals surface area contributed by atoms with Crippen LogP contribution in [0.15, 0.2) is 29.0 Å². The molecule has 0 saturated heterocycles. The molecule has 2 aromatic rings. The van der Waals surface area contributed by atoms with Crippen LogP contribution in [0.5, 0.6) is 0 Å². The van der Waals surface area contributed by atoms with Gasteiger partial charge in [-0.2, -0.15) is 0 Å². The van der Waals surface area contributed by atoms with E-state index in [0.717, 1.165) is 0 Å². The van der Waals surface area contributed by atoms with E-state index in [4.69, 9.17) is 14.3 Å². The number of furan rings is 1. The van der Waals surface area contributed by atoms with E-state index in [9.17, 15) is 4.79 Å². The molecule has 0 aliphatic rings. The summed E-state index contributed by atoms with van der Waals surface area (Å²) in [5.74, 6) is 0.204. The quantitative estimate of drug-likeness (QED) is 0.848. The van der Waals surface area contributed by atoms with Crippen LogP contribution >= 0.6 is 0 Å². The van der Waals surface area contributed by atoms with E-state index in [2.05, 4.69) is 4.98 Å². The molecule has 0 unspecified atom stereocenters. The summed E-state index contributed by atoms with van der Waals surface area (Å²) in [6.45, 7) is 0.585. The molecule has 0 aliphatic heterocycles. The number of rotatable bonds is 5. The van der Waals surface area contributed by atoms with Crippen molar-refractivity contribution < 1.29 is 19.1 Å². The average Bonchev–Trinajstić information content (AvgIpc) is 2.90. The predicted molar refractivity (Wildman–Crippen MR) is 57.7 cm³/mol. The number of imidazole rings is 1. The first-order valence-corrected chi connectivity index (χ1v) is 5.01. The van der Waals surface area contributed by atoms with Crippen LogP contribution in [0.1, 0.15) is 22.1 Å². The zero-order chi connectivity index (χ0) is 12.3. The van der Waals surface area contributed by atoms with Gasteiger partial charge in [0.25, 0.3) is 0 Å². The van der Waals surface area contributed by atoms with Gasteiger partial charge in [-0.25, -0.2) is 9.78 Å². The summed E-state index contributed by atoms with van der Waals surface area (Å²) in [5.41, 5.74) is 0.119. The molecule has 0 aliphatic carbocycles. The van der Waals surface area contributed by atoms with Gasteiger partial charge in [-0.3, -0.25) is 0 Å². The highest BCUT2D eigenvalue weighted by Crippen LogP contribution is 2.11. The molecule has 1 N–H and O–H groups in total. The van der Waals surface area contributed by atoms with Gasteiger partial charge in [0.1, 0.15) is 23.9 Å². The molecule has 0 radical (unpaired) electrons. The van der Waals surface area contributed by atoms with Crippen molar-refractivity contribution in [3.8, 4) is 0 Å². The Bertz CT molecular complexity index is 502. The van der Waals surface area contributed by atoms with Gasteiger partial charge < -0.3 is 18.8 Å². The molecule has 6 heteroatoms. The summed E-state index contributed by atoms with van der Waals surface area (Å²) in [4.78, 5) is 15.1. The first kappa shape index (κ1) is 11.4. The molecule has 2 aromatic heterocycles. The molecule has 0 aromatic carbocycles. The topological polar surface area (TPSA) is 77.5 Å². The zero-order valence-corrected chi connectivity index (χ0v) is 9.29. The second-order valence-corrected chi connectivity index (χ2v) is 3.46. The normalized spacial score (nSPS) is 10.6. The van der Waals surface area contributed by atoms with Crippen LogP contribution in [0, 0.1) is 0 Å². The minimum absolute atomic E-state index is 0.119. The number of methoxy groups -OCH3 is 1. The minimum Gasteiger partial charge on any atom is -0.477 e. The van der Waals surface area contributed by atoms with Crippen molar-refractivity contribution in [2.24, 2.45) is 0 Å². The fraction of sp³-hybridized carbons (Fsp3) is 0.273. The van der Waals surface area contributed by atoms with Gasteiger partial charge in [-0.1, -0.05) is 0 Å². The third-order valence-corrected chi connectivity index (χ3v) is 2.32. The lowest BCUT2D eigenvalue weighted by Crippen LogP contribution is -2.12. The molecule has 17 heavy (non-hydrogen) atoms. The van der Waals surface area contributed by atoms with Crippen LogP contribution in [0.3, 0.4) is 0 Å². The number of nitrogens with zero attached hydrogens (tertiary/aromatic N) is 2. The molecule has 0 saturated carbocycles. The highest BCUT2D eigenvalue weighted by atomic mass is 16.5. The van der Waals surface area contributed by atoms with Gasteiger partial charge in [0.2, 0.25) is 0 Å². The molecule has 0 fully saturated rings. The molecule has 90 valence electrons. The highest BCUT2D eigenvalue weighted by Gasteiger charge is 2.16. The van der Waals surface area contributed by atoms with Crippen molar-refractivity contribution in [2.45, 2.75) is 13.2 Å². The van der Waals surface area contributed by atoms with Crippen LogP contribution in [-0.4, -0.2) is 27.7 Å². The summed E-state index contributed by atoms with van der Waals surface area (Å²) in [7, 11) is 1.53. The summed E-state index contributed by atoms with van der Waals surface area (Å²) in [6.07, 6.45) is 2.86. The highest BCUT2D eigenvalue weighted by molar-refractivity contribution is 5.85. The zero-order valence-electron chi connectivity index (χ0n) is 9.29. The molecule has 0 atom stereocenters. The van der Waals surface area contributed by atoms with E-state index in [0.29, 0.717) is 18.1 Å². The minimum atomic E-state index is -1.02. The van der Waals surface area contributed by atoms with E-state index < -0.39 is 5.97 Å². The Morgan fingerprint density at radius 2 is 2.47 bits per heavy atom. The van der Waals surface area contributed by atoms with Gasteiger partial charge in [0, 0.05) is 7.11 Å². The van der Waals surface area contributed by atoms with Crippen LogP contribution < -0.4 is 0 Å². The number of carbonyl (C=O) groups is 1. The van der Waals surface area contributed by atoms with Crippen molar-refractivity contribution >= 4 is 5.97 Å². The average molecular weight is 236 g/mol. The number of aromatic nitrogens is 2. The van der Waals surface area contributed by atoms with Gasteiger partial charge in [0.15, 0.2) is 0 Å². The van der Waals surface area contributed by atoms with Crippen LogP contribution in [0.4, 0.5) is 0 Å². The van der Waals surface area contributed by atoms with Gasteiger partial charge in [-0.05, 0) is 12.1 Å². The Kier molecular flexibility index (Phi) is 3.24. The second kappa shape index (κ2) is 4.84. The summed E-state index contributed by atoms with van der Waals surface area (Å²) >= 11 is 0. The molecular formula is C11H12N2O4. The lowest BCUT2D eigenvalue weighted by atomic mass is 10.4. The van der Waals surface area contributed by atoms with Gasteiger partial charge >= 0.3 is 5.97 Å². The fourth-order valence-corrected chi connectivity index (χ4v) is 1.56. The Balaban J connectivity index is 2.34. The smallest absolute Gasteiger partial charge is 0.354 e. The van der Waals surface area contributed by atoms with Crippen molar-refractivity contribution in [2.75, 3.05) is 7.11 Å². The maximum Gasteiger partial charge on any atom is 0.354 e. The largest absolute Gasteiger partial charge is 0.477 e. The third-order valence-electron chi connectivity index (χ3n) is 2.32. The predicted octanol–water partition coefficient (Wildman–Crippen LogP) is 1.37. The summed E-state index contributed by atoms with van der Waals surface area (Å²) in [5, 5.41) is 9.04. The number of carboxylic acids is 1. The van der Waals surface area contributed by atoms with Crippen molar-refractivity contribution in [3.05, 3.63) is 41.9 Å². The van der Waals surface area contributed by atoms with Gasteiger partial charge in [-0.15, -0.1) is 0 Å². The fourth-order valence-electron chi connectivity index (χ4n) is 1.56. The molecular weight excluding hydrogens is 224 g/mol. The number of ether oxygens (including phenoxy) is 1. The Labute approximate surface area is 97.5 Å². The van der Waals surface area contributed by atoms with Gasteiger partial charge in [0.05, 0.1) is 19.0 Å². The molecule has 0 amide bonds. The Morgan fingerprint density at radius 3 is 3.06 bits per heavy atom. The number of hydrogen-bond acceptors (Lipinski definition) is 4. The Morgan fingerprint density at radius 1 is 1.65 bits per heavy atom. The summed E-state index contributed by atoms with van der Waals surface area (Å²) < 4.78 is 11.7. The molecule has 0 spiro atoms. The lowest BCUT2D eigenvalue weighted by molar-refractivity contribution is 0.0684. The van der Waals surface area contributed by atoms with E-state index in [1.165, 1.54) is 13.3 Å². The molecule has 2 heterocycles. The van der Waals surface area contributed by atoms with Crippen LogP contribution in [0.2, 0.25) is 0 Å². The number of hydrogen-bond donors (Lipinski definition) is 1. The van der Waals surface area contributed by atoms with E-state index in [-0.39, 0.29) is 12.3 Å². The Hall–Kier alpha value is -2.08. The first-order chi connectivity index (χ1) is 8.22. The maximum absolute atomic E-state index is 11.0. The molecule has 0 bridgehead atoms. The van der Waals surface area contributed by atoms with E-state index in [1.54, 1.807) is 23.0 Å². The monoisotopic (exact) mass is 236 g/mol. The standard InChI is InChI=1S/C11H12N2O4/c1-16-7-10-12-5-9(11(14)15)13(10)6-8-3-2-4-17-8/h2-5H,6-7H2,1H3,(H,14,15). The first-order valence-electron chi connectivity index (χ1n) is 5.01. The van der Waals surface area contributed by atoms with Crippen molar-refractivity contribution in [1.82, 2.24) is 9.55 Å². The molecule has 2 rings (SSSR count). The lowest BCUT2D eigenvalue weighted by Gasteiger charge is -2.07. The van der Waals surface area contributed by atoms with Crippen LogP contribution in [0.25, 0.3) is 0 Å². The SMILES string of the molecule is COCc1ncc(C(=O)O)n1Cc1ccco1. The summed E-state index contributed by atoms with van der Waals surface area (Å²) in [6, 6.07) is 3.53. The second-order valence-electron chi connectivity index (χ2n) is 3.46. The number of aromatic carboxylic acids is 1. The van der Waals surface area contributed by atoms with Crippen LogP contribution in [-0.2, 0) is 17.9 Å². The third kappa shape index (κ3) is 2.36. The van der Waals surface area contributed by atoms with E-state index in [1.807, 2.05) is 0 Å². The maximum atomic E-state index is 11.0. The van der Waals surface area contributed by atoms with Crippen molar-refractivity contribution in [3.63, 3.8) is 0 Å². The number of carboxylic acid groups (broad SMARTS) is 1. The van der Waals surface area contributed by atoms with Crippen molar-refractivity contribution in [1.29, 1.82) is 0 Å². The van der Waals surface area contributed by atoms with E-state index >= 15 is 0 Å².